The number of hydrogen-bond donors (Lipinski definition) is 1. The van der Waals surface area contributed by atoms with E-state index in [-0.39, 0.29) is 17.4 Å². The molecule has 1 aliphatic carbocycles. The molecule has 3 aliphatic rings. The normalized spacial score (nSPS) is 23.5. The van der Waals surface area contributed by atoms with Crippen molar-refractivity contribution < 1.29 is 9.90 Å². The van der Waals surface area contributed by atoms with Crippen molar-refractivity contribution in [2.45, 2.75) is 51.0 Å². The van der Waals surface area contributed by atoms with Crippen molar-refractivity contribution in [1.29, 1.82) is 0 Å². The van der Waals surface area contributed by atoms with Crippen LogP contribution in [0.2, 0.25) is 0 Å². The van der Waals surface area contributed by atoms with Crippen molar-refractivity contribution in [3.05, 3.63) is 35.5 Å². The largest absolute Gasteiger partial charge is 0.391 e. The van der Waals surface area contributed by atoms with Crippen LogP contribution in [-0.4, -0.2) is 67.9 Å². The summed E-state index contributed by atoms with van der Waals surface area (Å²) in [5.74, 6) is 0.931. The summed E-state index contributed by atoms with van der Waals surface area (Å²) in [6.07, 6.45) is 11.6. The van der Waals surface area contributed by atoms with E-state index in [0.717, 1.165) is 87.3 Å². The first-order valence-corrected chi connectivity index (χ1v) is 11.1. The van der Waals surface area contributed by atoms with Crippen LogP contribution < -0.4 is 4.90 Å². The van der Waals surface area contributed by atoms with Crippen LogP contribution in [0.1, 0.15) is 53.8 Å². The first kappa shape index (κ1) is 19.5. The van der Waals surface area contributed by atoms with E-state index >= 15 is 0 Å². The first-order valence-electron chi connectivity index (χ1n) is 11.1. The molecule has 1 spiro atoms. The number of aliphatic hydroxyl groups excluding tert-OH is 1. The number of aryl methyl sites for hydroxylation is 2. The minimum Gasteiger partial charge on any atom is -0.391 e. The second kappa shape index (κ2) is 7.65. The van der Waals surface area contributed by atoms with Crippen LogP contribution in [0.15, 0.2) is 18.6 Å². The van der Waals surface area contributed by atoms with Crippen molar-refractivity contribution in [2.75, 3.05) is 31.1 Å². The second-order valence-electron chi connectivity index (χ2n) is 9.20. The molecule has 1 N–H and O–H groups in total. The minimum absolute atomic E-state index is 0.0118. The number of hydrogen-bond acceptors (Lipinski definition) is 6. The fourth-order valence-corrected chi connectivity index (χ4v) is 5.63. The number of aromatic nitrogens is 4. The Morgan fingerprint density at radius 2 is 2.00 bits per heavy atom. The van der Waals surface area contributed by atoms with Gasteiger partial charge in [-0.25, -0.2) is 4.98 Å². The number of fused-ring (bicyclic) bond motifs is 1. The number of rotatable bonds is 2. The lowest BCUT2D eigenvalue weighted by Gasteiger charge is -2.49. The van der Waals surface area contributed by atoms with Crippen molar-refractivity contribution >= 4 is 11.7 Å². The summed E-state index contributed by atoms with van der Waals surface area (Å²) in [6, 6.07) is 0. The highest BCUT2D eigenvalue weighted by molar-refractivity contribution is 5.94. The van der Waals surface area contributed by atoms with Crippen molar-refractivity contribution in [1.82, 2.24) is 24.6 Å². The van der Waals surface area contributed by atoms with E-state index in [4.69, 9.17) is 0 Å². The van der Waals surface area contributed by atoms with Crippen LogP contribution in [0.5, 0.6) is 0 Å². The van der Waals surface area contributed by atoms with E-state index in [1.165, 1.54) is 0 Å². The highest BCUT2D eigenvalue weighted by atomic mass is 16.3. The topological polar surface area (TPSA) is 87.4 Å². The summed E-state index contributed by atoms with van der Waals surface area (Å²) in [6.45, 7) is 2.88. The third-order valence-corrected chi connectivity index (χ3v) is 7.13. The third kappa shape index (κ3) is 3.47. The van der Waals surface area contributed by atoms with Gasteiger partial charge in [-0.15, -0.1) is 0 Å². The fourth-order valence-electron chi connectivity index (χ4n) is 5.63. The summed E-state index contributed by atoms with van der Waals surface area (Å²) < 4.78 is 1.79. The van der Waals surface area contributed by atoms with Gasteiger partial charge in [-0.05, 0) is 50.4 Å². The molecule has 2 saturated heterocycles. The lowest BCUT2D eigenvalue weighted by molar-refractivity contribution is 0.0242. The van der Waals surface area contributed by atoms with E-state index in [0.29, 0.717) is 6.54 Å². The van der Waals surface area contributed by atoms with E-state index in [9.17, 15) is 9.90 Å². The van der Waals surface area contributed by atoms with Gasteiger partial charge in [-0.2, -0.15) is 5.10 Å². The third-order valence-electron chi connectivity index (χ3n) is 7.13. The van der Waals surface area contributed by atoms with Crippen LogP contribution in [0, 0.1) is 5.41 Å². The number of nitrogens with zero attached hydrogens (tertiary/aromatic N) is 6. The fraction of sp³-hybridized carbons (Fsp3) is 0.636. The highest BCUT2D eigenvalue weighted by Crippen LogP contribution is 2.41. The molecule has 4 heterocycles. The van der Waals surface area contributed by atoms with Gasteiger partial charge in [0, 0.05) is 51.2 Å². The van der Waals surface area contributed by atoms with E-state index in [2.05, 4.69) is 20.0 Å². The molecule has 1 atom stereocenters. The molecule has 5 rings (SSSR count). The van der Waals surface area contributed by atoms with E-state index in [1.54, 1.807) is 23.3 Å². The first-order chi connectivity index (χ1) is 14.5. The summed E-state index contributed by atoms with van der Waals surface area (Å²) in [4.78, 5) is 26.1. The van der Waals surface area contributed by atoms with Gasteiger partial charge in [-0.1, -0.05) is 0 Å². The molecule has 0 radical (unpaired) electrons. The molecular formula is C22H30N6O2. The number of amides is 1. The van der Waals surface area contributed by atoms with Crippen LogP contribution in [-0.2, 0) is 19.9 Å². The quantitative estimate of drug-likeness (QED) is 0.809. The molecule has 0 saturated carbocycles. The van der Waals surface area contributed by atoms with E-state index < -0.39 is 0 Å². The standard InChI is InChI=1S/C22H30N6O2/c1-26-20(17-4-2-3-5-18(17)25-26)21(30)27-10-6-22(7-11-27)12-16(29)14-28(15-22)19-13-23-8-9-24-19/h8-9,13,16,29H,2-7,10-12,14-15H2,1H3. The predicted molar refractivity (Wildman–Crippen MR) is 112 cm³/mol. The maximum Gasteiger partial charge on any atom is 0.272 e. The number of carbonyl (C=O) groups is 1. The molecule has 8 heteroatoms. The van der Waals surface area contributed by atoms with Crippen molar-refractivity contribution in [3.63, 3.8) is 0 Å². The Hall–Kier alpha value is -2.48. The highest BCUT2D eigenvalue weighted by Gasteiger charge is 2.43. The zero-order chi connectivity index (χ0) is 20.7. The molecule has 2 aliphatic heterocycles. The lowest BCUT2D eigenvalue weighted by Crippen LogP contribution is -2.55. The SMILES string of the molecule is Cn1nc2c(c1C(=O)N1CCC3(CC1)CC(O)CN(c1cnccn1)C3)CCCC2. The van der Waals surface area contributed by atoms with Gasteiger partial charge in [0.1, 0.15) is 11.5 Å². The van der Waals surface area contributed by atoms with Gasteiger partial charge >= 0.3 is 0 Å². The average molecular weight is 411 g/mol. The van der Waals surface area contributed by atoms with Crippen LogP contribution in [0.4, 0.5) is 5.82 Å². The Kier molecular flexibility index (Phi) is 4.97. The molecule has 2 aromatic heterocycles. The van der Waals surface area contributed by atoms with E-state index in [1.807, 2.05) is 11.9 Å². The number of β-amino-alcohol motifs (C(OH)–C–C–N with tert-alkyl or cyclic N) is 1. The molecule has 2 aromatic rings. The van der Waals surface area contributed by atoms with Crippen LogP contribution in [0.3, 0.4) is 0 Å². The monoisotopic (exact) mass is 410 g/mol. The summed E-state index contributed by atoms with van der Waals surface area (Å²) in [7, 11) is 1.90. The Morgan fingerprint density at radius 3 is 2.77 bits per heavy atom. The summed E-state index contributed by atoms with van der Waals surface area (Å²) in [5, 5.41) is 15.2. The van der Waals surface area contributed by atoms with Crippen molar-refractivity contribution in [3.8, 4) is 0 Å². The predicted octanol–water partition coefficient (Wildman–Crippen LogP) is 1.58. The van der Waals surface area contributed by atoms with Crippen LogP contribution >= 0.6 is 0 Å². The zero-order valence-electron chi connectivity index (χ0n) is 17.6. The molecule has 0 aromatic carbocycles. The molecule has 1 amide bonds. The molecule has 160 valence electrons. The number of likely N-dealkylation sites (tertiary alicyclic amines) is 1. The molecule has 1 unspecified atom stereocenters. The Labute approximate surface area is 176 Å². The van der Waals surface area contributed by atoms with Crippen LogP contribution in [0.25, 0.3) is 0 Å². The average Bonchev–Trinajstić information content (AvgIpc) is 3.09. The summed E-state index contributed by atoms with van der Waals surface area (Å²) in [5.41, 5.74) is 3.06. The Bertz CT molecular complexity index is 919. The maximum absolute atomic E-state index is 13.4. The summed E-state index contributed by atoms with van der Waals surface area (Å²) >= 11 is 0. The van der Waals surface area contributed by atoms with Crippen molar-refractivity contribution in [2.24, 2.45) is 12.5 Å². The molecule has 8 nitrogen and oxygen atoms in total. The van der Waals surface area contributed by atoms with Gasteiger partial charge in [0.25, 0.3) is 5.91 Å². The second-order valence-corrected chi connectivity index (χ2v) is 9.20. The number of piperidine rings is 2. The molecule has 2 fully saturated rings. The number of anilines is 1. The van der Waals surface area contributed by atoms with Gasteiger partial charge in [-0.3, -0.25) is 14.5 Å². The van der Waals surface area contributed by atoms with Gasteiger partial charge in [0.2, 0.25) is 0 Å². The Balaban J connectivity index is 1.30. The number of aliphatic hydroxyl groups is 1. The van der Waals surface area contributed by atoms with Gasteiger partial charge < -0.3 is 14.9 Å². The minimum atomic E-state index is -0.382. The van der Waals surface area contributed by atoms with Gasteiger partial charge in [0.05, 0.1) is 18.0 Å². The Morgan fingerprint density at radius 1 is 1.20 bits per heavy atom. The number of carbonyl (C=O) groups excluding carboxylic acids is 1. The lowest BCUT2D eigenvalue weighted by atomic mass is 9.71. The molecule has 0 bridgehead atoms. The van der Waals surface area contributed by atoms with Gasteiger partial charge in [0.15, 0.2) is 0 Å². The maximum atomic E-state index is 13.4. The smallest absolute Gasteiger partial charge is 0.272 e. The molecular weight excluding hydrogens is 380 g/mol. The molecule has 30 heavy (non-hydrogen) atoms. The zero-order valence-corrected chi connectivity index (χ0v) is 17.6.